The maximum absolute atomic E-state index is 14.0. The van der Waals surface area contributed by atoms with Gasteiger partial charge in [0.25, 0.3) is 0 Å². The van der Waals surface area contributed by atoms with Crippen molar-refractivity contribution >= 4 is 35.1 Å². The first-order valence-corrected chi connectivity index (χ1v) is 12.0. The highest BCUT2D eigenvalue weighted by molar-refractivity contribution is 6.30. The van der Waals surface area contributed by atoms with E-state index < -0.39 is 11.4 Å². The molecule has 1 amide bonds. The third kappa shape index (κ3) is 4.53. The van der Waals surface area contributed by atoms with E-state index in [4.69, 9.17) is 23.2 Å². The highest BCUT2D eigenvalue weighted by Gasteiger charge is 2.53. The smallest absolute Gasteiger partial charge is 0.304 e. The van der Waals surface area contributed by atoms with Crippen LogP contribution >= 0.6 is 23.2 Å². The summed E-state index contributed by atoms with van der Waals surface area (Å²) in [5, 5.41) is 10.9. The predicted octanol–water partition coefficient (Wildman–Crippen LogP) is 6.72. The van der Waals surface area contributed by atoms with E-state index in [1.165, 1.54) is 0 Å². The van der Waals surface area contributed by atoms with Crippen LogP contribution in [0.4, 0.5) is 0 Å². The number of aliphatic carboxylic acids is 1. The second-order valence-electron chi connectivity index (χ2n) is 9.78. The van der Waals surface area contributed by atoms with Gasteiger partial charge < -0.3 is 10.0 Å². The number of carbonyl (C=O) groups is 2. The summed E-state index contributed by atoms with van der Waals surface area (Å²) >= 11 is 12.5. The number of benzene rings is 2. The van der Waals surface area contributed by atoms with E-state index in [1.54, 1.807) is 0 Å². The van der Waals surface area contributed by atoms with Crippen molar-refractivity contribution in [3.63, 3.8) is 0 Å². The number of carboxylic acid groups (broad SMARTS) is 1. The minimum atomic E-state index is -0.979. The molecule has 2 unspecified atom stereocenters. The number of halogens is 2. The van der Waals surface area contributed by atoms with Gasteiger partial charge in [0, 0.05) is 22.0 Å². The molecule has 1 saturated carbocycles. The Morgan fingerprint density at radius 1 is 1.09 bits per heavy atom. The van der Waals surface area contributed by atoms with Crippen LogP contribution in [0, 0.1) is 11.3 Å². The van der Waals surface area contributed by atoms with Gasteiger partial charge in [-0.3, -0.25) is 9.59 Å². The highest BCUT2D eigenvalue weighted by atomic mass is 35.5. The van der Waals surface area contributed by atoms with E-state index in [2.05, 4.69) is 6.92 Å². The van der Waals surface area contributed by atoms with Crippen LogP contribution in [0.25, 0.3) is 0 Å². The molecule has 2 aromatic carbocycles. The van der Waals surface area contributed by atoms with Crippen LogP contribution in [-0.4, -0.2) is 27.9 Å². The molecule has 1 aliphatic heterocycles. The SMILES string of the molecule is C[C@@H]1CCC(N2C(=O)C(C)(CC(=O)O)C[C@H](c3cccc(Cl)c3)[C@H]2c2ccc(Cl)cc2)C1. The van der Waals surface area contributed by atoms with Gasteiger partial charge in [0.15, 0.2) is 0 Å². The molecule has 2 aliphatic rings. The Morgan fingerprint density at radius 3 is 2.41 bits per heavy atom. The van der Waals surface area contributed by atoms with Crippen LogP contribution in [0.1, 0.15) is 69.0 Å². The molecule has 32 heavy (non-hydrogen) atoms. The second kappa shape index (κ2) is 9.07. The van der Waals surface area contributed by atoms with E-state index in [9.17, 15) is 14.7 Å². The lowest BCUT2D eigenvalue weighted by Gasteiger charge is -2.51. The summed E-state index contributed by atoms with van der Waals surface area (Å²) < 4.78 is 0. The Balaban J connectivity index is 1.88. The van der Waals surface area contributed by atoms with E-state index in [-0.39, 0.29) is 30.3 Å². The molecule has 0 aromatic heterocycles. The van der Waals surface area contributed by atoms with Gasteiger partial charge in [0.2, 0.25) is 5.91 Å². The Labute approximate surface area is 199 Å². The maximum Gasteiger partial charge on any atom is 0.304 e. The molecule has 170 valence electrons. The fourth-order valence-corrected chi connectivity index (χ4v) is 6.04. The van der Waals surface area contributed by atoms with Crippen LogP contribution in [0.15, 0.2) is 48.5 Å². The van der Waals surface area contributed by atoms with Crippen molar-refractivity contribution in [1.29, 1.82) is 0 Å². The number of nitrogens with zero attached hydrogens (tertiary/aromatic N) is 1. The normalized spacial score (nSPS) is 30.5. The molecule has 1 aliphatic carbocycles. The van der Waals surface area contributed by atoms with Crippen LogP contribution in [0.5, 0.6) is 0 Å². The maximum atomic E-state index is 14.0. The molecule has 2 aromatic rings. The summed E-state index contributed by atoms with van der Waals surface area (Å²) in [6.07, 6.45) is 3.20. The van der Waals surface area contributed by atoms with Gasteiger partial charge in [0.05, 0.1) is 17.9 Å². The number of hydrogen-bond donors (Lipinski definition) is 1. The zero-order valence-electron chi connectivity index (χ0n) is 18.4. The van der Waals surface area contributed by atoms with E-state index in [1.807, 2.05) is 60.4 Å². The molecule has 1 saturated heterocycles. The third-order valence-corrected chi connectivity index (χ3v) is 7.68. The summed E-state index contributed by atoms with van der Waals surface area (Å²) in [7, 11) is 0. The molecule has 4 nitrogen and oxygen atoms in total. The Morgan fingerprint density at radius 2 is 1.81 bits per heavy atom. The van der Waals surface area contributed by atoms with E-state index in [0.717, 1.165) is 30.4 Å². The highest BCUT2D eigenvalue weighted by Crippen LogP contribution is 2.53. The number of carboxylic acids is 1. The number of piperidine rings is 1. The van der Waals surface area contributed by atoms with Gasteiger partial charge in [-0.15, -0.1) is 0 Å². The van der Waals surface area contributed by atoms with Crippen molar-refractivity contribution in [3.05, 3.63) is 69.7 Å². The summed E-state index contributed by atoms with van der Waals surface area (Å²) in [4.78, 5) is 27.8. The summed E-state index contributed by atoms with van der Waals surface area (Å²) in [5.74, 6) is -0.545. The second-order valence-corrected chi connectivity index (χ2v) is 10.7. The minimum Gasteiger partial charge on any atom is -0.481 e. The fraction of sp³-hybridized carbons (Fsp3) is 0.462. The molecular weight excluding hydrogens is 445 g/mol. The number of amides is 1. The monoisotopic (exact) mass is 473 g/mol. The Bertz CT molecular complexity index is 1010. The summed E-state index contributed by atoms with van der Waals surface area (Å²) in [6.45, 7) is 4.03. The standard InChI is InChI=1S/C26H29Cl2NO3/c1-16-6-11-21(12-16)29-24(17-7-9-19(27)10-8-17)22(18-4-3-5-20(28)13-18)14-26(2,25(29)32)15-23(30)31/h3-5,7-10,13,16,21-22,24H,6,11-12,14-15H2,1-2H3,(H,30,31)/t16-,21?,22-,24-,26?/m1/s1. The quantitative estimate of drug-likeness (QED) is 0.523. The summed E-state index contributed by atoms with van der Waals surface area (Å²) in [6, 6.07) is 15.3. The molecule has 2 fully saturated rings. The lowest BCUT2D eigenvalue weighted by molar-refractivity contribution is -0.160. The zero-order valence-corrected chi connectivity index (χ0v) is 19.9. The number of likely N-dealkylation sites (tertiary alicyclic amines) is 1. The molecule has 0 bridgehead atoms. The summed E-state index contributed by atoms with van der Waals surface area (Å²) in [5.41, 5.74) is 1.07. The van der Waals surface area contributed by atoms with Crippen molar-refractivity contribution in [1.82, 2.24) is 4.90 Å². The molecular formula is C26H29Cl2NO3. The van der Waals surface area contributed by atoms with Crippen LogP contribution < -0.4 is 0 Å². The van der Waals surface area contributed by atoms with E-state index in [0.29, 0.717) is 22.4 Å². The topological polar surface area (TPSA) is 57.6 Å². The molecule has 4 rings (SSSR count). The third-order valence-electron chi connectivity index (χ3n) is 7.19. The molecule has 0 radical (unpaired) electrons. The Hall–Kier alpha value is -2.04. The van der Waals surface area contributed by atoms with Crippen molar-refractivity contribution < 1.29 is 14.7 Å². The van der Waals surface area contributed by atoms with Gasteiger partial charge in [0.1, 0.15) is 0 Å². The first-order valence-electron chi connectivity index (χ1n) is 11.2. The van der Waals surface area contributed by atoms with Crippen molar-refractivity contribution in [2.45, 2.75) is 64.0 Å². The first-order chi connectivity index (χ1) is 15.2. The average Bonchev–Trinajstić information content (AvgIpc) is 3.16. The number of rotatable bonds is 5. The van der Waals surface area contributed by atoms with Crippen LogP contribution in [0.2, 0.25) is 10.0 Å². The minimum absolute atomic E-state index is 0.0581. The zero-order chi connectivity index (χ0) is 23.0. The number of hydrogen-bond acceptors (Lipinski definition) is 2. The van der Waals surface area contributed by atoms with Crippen LogP contribution in [-0.2, 0) is 9.59 Å². The van der Waals surface area contributed by atoms with Crippen molar-refractivity contribution in [2.75, 3.05) is 0 Å². The van der Waals surface area contributed by atoms with Gasteiger partial charge in [-0.25, -0.2) is 0 Å². The van der Waals surface area contributed by atoms with Gasteiger partial charge in [-0.2, -0.15) is 0 Å². The fourth-order valence-electron chi connectivity index (χ4n) is 5.71. The van der Waals surface area contributed by atoms with Gasteiger partial charge in [-0.05, 0) is 67.0 Å². The Kier molecular flexibility index (Phi) is 6.56. The lowest BCUT2D eigenvalue weighted by atomic mass is 9.67. The molecule has 0 spiro atoms. The van der Waals surface area contributed by atoms with Crippen molar-refractivity contribution in [2.24, 2.45) is 11.3 Å². The molecule has 1 N–H and O–H groups in total. The number of carbonyl (C=O) groups excluding carboxylic acids is 1. The lowest BCUT2D eigenvalue weighted by Crippen LogP contribution is -2.55. The predicted molar refractivity (Wildman–Crippen MR) is 127 cm³/mol. The first kappa shape index (κ1) is 23.1. The van der Waals surface area contributed by atoms with Crippen LogP contribution in [0.3, 0.4) is 0 Å². The largest absolute Gasteiger partial charge is 0.481 e. The van der Waals surface area contributed by atoms with Gasteiger partial charge >= 0.3 is 5.97 Å². The molecule has 5 atom stereocenters. The van der Waals surface area contributed by atoms with Gasteiger partial charge in [-0.1, -0.05) is 61.3 Å². The average molecular weight is 474 g/mol. The van der Waals surface area contributed by atoms with E-state index >= 15 is 0 Å². The molecule has 6 heteroatoms. The molecule has 1 heterocycles. The van der Waals surface area contributed by atoms with Crippen molar-refractivity contribution in [3.8, 4) is 0 Å².